The maximum atomic E-state index is 10.4. The molecule has 0 bridgehead atoms. The number of hydrogen-bond acceptors (Lipinski definition) is 3. The number of carboxylic acids is 1. The zero-order valence-electron chi connectivity index (χ0n) is 10.7. The third-order valence-electron chi connectivity index (χ3n) is 2.97. The minimum absolute atomic E-state index is 0.0830. The molecule has 1 aromatic carbocycles. The van der Waals surface area contributed by atoms with Crippen LogP contribution in [-0.4, -0.2) is 24.0 Å². The molecule has 1 fully saturated rings. The zero-order chi connectivity index (χ0) is 13.5. The Hall–Kier alpha value is -1.65. The molecule has 0 amide bonds. The highest BCUT2D eigenvalue weighted by molar-refractivity contribution is 5.85. The van der Waals surface area contributed by atoms with Crippen LogP contribution in [0.5, 0.6) is 0 Å². The SMILES string of the molecule is O=C(O)/C=C/c1ccc(COC2CCCCO2)cc1. The lowest BCUT2D eigenvalue weighted by atomic mass is 10.1. The molecule has 1 unspecified atom stereocenters. The molecule has 0 radical (unpaired) electrons. The van der Waals surface area contributed by atoms with Crippen molar-refractivity contribution in [1.29, 1.82) is 0 Å². The van der Waals surface area contributed by atoms with E-state index >= 15 is 0 Å². The Morgan fingerprint density at radius 2 is 2.16 bits per heavy atom. The van der Waals surface area contributed by atoms with Gasteiger partial charge in [0, 0.05) is 12.7 Å². The minimum Gasteiger partial charge on any atom is -0.478 e. The van der Waals surface area contributed by atoms with E-state index in [-0.39, 0.29) is 6.29 Å². The molecule has 0 aromatic heterocycles. The Bertz CT molecular complexity index is 430. The van der Waals surface area contributed by atoms with Gasteiger partial charge >= 0.3 is 5.97 Å². The summed E-state index contributed by atoms with van der Waals surface area (Å²) in [6, 6.07) is 7.62. The van der Waals surface area contributed by atoms with Crippen LogP contribution in [0.25, 0.3) is 6.08 Å². The van der Waals surface area contributed by atoms with E-state index in [9.17, 15) is 4.79 Å². The molecule has 4 heteroatoms. The van der Waals surface area contributed by atoms with Crippen molar-refractivity contribution in [2.45, 2.75) is 32.2 Å². The van der Waals surface area contributed by atoms with Gasteiger partial charge in [-0.1, -0.05) is 24.3 Å². The molecule has 19 heavy (non-hydrogen) atoms. The molecule has 1 aliphatic rings. The van der Waals surface area contributed by atoms with Crippen LogP contribution in [0.2, 0.25) is 0 Å². The number of benzene rings is 1. The van der Waals surface area contributed by atoms with E-state index in [1.165, 1.54) is 0 Å². The number of carbonyl (C=O) groups is 1. The van der Waals surface area contributed by atoms with Crippen molar-refractivity contribution in [3.8, 4) is 0 Å². The number of rotatable bonds is 5. The topological polar surface area (TPSA) is 55.8 Å². The van der Waals surface area contributed by atoms with Crippen LogP contribution in [0.4, 0.5) is 0 Å². The predicted molar refractivity (Wildman–Crippen MR) is 71.5 cm³/mol. The van der Waals surface area contributed by atoms with Crippen LogP contribution in [0.1, 0.15) is 30.4 Å². The van der Waals surface area contributed by atoms with Crippen LogP contribution >= 0.6 is 0 Å². The van der Waals surface area contributed by atoms with E-state index in [2.05, 4.69) is 0 Å². The van der Waals surface area contributed by atoms with Gasteiger partial charge < -0.3 is 14.6 Å². The summed E-state index contributed by atoms with van der Waals surface area (Å²) in [5.74, 6) is -0.943. The summed E-state index contributed by atoms with van der Waals surface area (Å²) in [7, 11) is 0. The van der Waals surface area contributed by atoms with Gasteiger partial charge in [0.15, 0.2) is 6.29 Å². The van der Waals surface area contributed by atoms with Gasteiger partial charge in [-0.05, 0) is 36.5 Å². The quantitative estimate of drug-likeness (QED) is 0.829. The summed E-state index contributed by atoms with van der Waals surface area (Å²) in [5.41, 5.74) is 1.92. The van der Waals surface area contributed by atoms with Crippen LogP contribution in [0.3, 0.4) is 0 Å². The van der Waals surface area contributed by atoms with E-state index < -0.39 is 5.97 Å². The highest BCUT2D eigenvalue weighted by Gasteiger charge is 2.13. The number of aliphatic carboxylic acids is 1. The van der Waals surface area contributed by atoms with Crippen LogP contribution in [0, 0.1) is 0 Å². The summed E-state index contributed by atoms with van der Waals surface area (Å²) in [6.07, 6.45) is 5.84. The largest absolute Gasteiger partial charge is 0.478 e. The summed E-state index contributed by atoms with van der Waals surface area (Å²) >= 11 is 0. The Labute approximate surface area is 112 Å². The Balaban J connectivity index is 1.82. The zero-order valence-corrected chi connectivity index (χ0v) is 10.7. The van der Waals surface area contributed by atoms with Crippen LogP contribution < -0.4 is 0 Å². The second-order valence-electron chi connectivity index (χ2n) is 4.52. The molecule has 1 aromatic rings. The first-order valence-corrected chi connectivity index (χ1v) is 6.47. The first-order valence-electron chi connectivity index (χ1n) is 6.47. The second-order valence-corrected chi connectivity index (χ2v) is 4.52. The standard InChI is InChI=1S/C15H18O4/c16-14(17)9-8-12-4-6-13(7-5-12)11-19-15-3-1-2-10-18-15/h4-9,15H,1-3,10-11H2,(H,16,17)/b9-8+. The molecule has 1 saturated heterocycles. The monoisotopic (exact) mass is 262 g/mol. The Kier molecular flexibility index (Phi) is 5.12. The number of carboxylic acid groups (broad SMARTS) is 1. The van der Waals surface area contributed by atoms with Crippen LogP contribution in [-0.2, 0) is 20.9 Å². The average molecular weight is 262 g/mol. The van der Waals surface area contributed by atoms with Crippen molar-refractivity contribution in [3.63, 3.8) is 0 Å². The fourth-order valence-electron chi connectivity index (χ4n) is 1.92. The van der Waals surface area contributed by atoms with Gasteiger partial charge in [-0.15, -0.1) is 0 Å². The van der Waals surface area contributed by atoms with E-state index in [0.717, 1.165) is 43.1 Å². The van der Waals surface area contributed by atoms with Crippen molar-refractivity contribution in [2.24, 2.45) is 0 Å². The number of hydrogen-bond donors (Lipinski definition) is 1. The highest BCUT2D eigenvalue weighted by atomic mass is 16.7. The van der Waals surface area contributed by atoms with Gasteiger partial charge in [0.05, 0.1) is 6.61 Å². The molecule has 1 atom stereocenters. The lowest BCUT2D eigenvalue weighted by molar-refractivity contribution is -0.168. The molecule has 0 spiro atoms. The Morgan fingerprint density at radius 3 is 2.79 bits per heavy atom. The molecule has 0 saturated carbocycles. The summed E-state index contributed by atoms with van der Waals surface area (Å²) in [6.45, 7) is 1.30. The first kappa shape index (κ1) is 13.8. The predicted octanol–water partition coefficient (Wildman–Crippen LogP) is 2.83. The fourth-order valence-corrected chi connectivity index (χ4v) is 1.92. The molecule has 4 nitrogen and oxygen atoms in total. The summed E-state index contributed by atoms with van der Waals surface area (Å²) < 4.78 is 11.2. The van der Waals surface area contributed by atoms with E-state index in [1.54, 1.807) is 6.08 Å². The number of ether oxygens (including phenoxy) is 2. The summed E-state index contributed by atoms with van der Waals surface area (Å²) in [4.78, 5) is 10.4. The van der Waals surface area contributed by atoms with Gasteiger partial charge in [0.25, 0.3) is 0 Å². The smallest absolute Gasteiger partial charge is 0.328 e. The maximum Gasteiger partial charge on any atom is 0.328 e. The fraction of sp³-hybridized carbons (Fsp3) is 0.400. The molecule has 1 aliphatic heterocycles. The normalized spacial score (nSPS) is 19.7. The van der Waals surface area contributed by atoms with E-state index in [0.29, 0.717) is 6.61 Å². The first-order chi connectivity index (χ1) is 9.24. The third-order valence-corrected chi connectivity index (χ3v) is 2.97. The molecule has 1 N–H and O–H groups in total. The Morgan fingerprint density at radius 1 is 1.37 bits per heavy atom. The molecule has 1 heterocycles. The van der Waals surface area contributed by atoms with Gasteiger partial charge in [0.1, 0.15) is 0 Å². The van der Waals surface area contributed by atoms with Crippen molar-refractivity contribution in [2.75, 3.05) is 6.61 Å². The van der Waals surface area contributed by atoms with Gasteiger partial charge in [0.2, 0.25) is 0 Å². The average Bonchev–Trinajstić information content (AvgIpc) is 2.45. The van der Waals surface area contributed by atoms with E-state index in [1.807, 2.05) is 24.3 Å². The molecule has 2 rings (SSSR count). The second kappa shape index (κ2) is 7.07. The van der Waals surface area contributed by atoms with Crippen molar-refractivity contribution in [3.05, 3.63) is 41.5 Å². The van der Waals surface area contributed by atoms with Gasteiger partial charge in [-0.2, -0.15) is 0 Å². The van der Waals surface area contributed by atoms with Crippen molar-refractivity contribution < 1.29 is 19.4 Å². The molecule has 0 aliphatic carbocycles. The highest BCUT2D eigenvalue weighted by Crippen LogP contribution is 2.16. The summed E-state index contributed by atoms with van der Waals surface area (Å²) in [5, 5.41) is 8.54. The minimum atomic E-state index is -0.943. The molecular weight excluding hydrogens is 244 g/mol. The lowest BCUT2D eigenvalue weighted by Crippen LogP contribution is -2.21. The van der Waals surface area contributed by atoms with Crippen molar-refractivity contribution >= 4 is 12.0 Å². The van der Waals surface area contributed by atoms with E-state index in [4.69, 9.17) is 14.6 Å². The lowest BCUT2D eigenvalue weighted by Gasteiger charge is -2.22. The van der Waals surface area contributed by atoms with Crippen LogP contribution in [0.15, 0.2) is 30.3 Å². The molecular formula is C15H18O4. The van der Waals surface area contributed by atoms with Gasteiger partial charge in [-0.3, -0.25) is 0 Å². The third kappa shape index (κ3) is 4.85. The molecule has 102 valence electrons. The van der Waals surface area contributed by atoms with Crippen molar-refractivity contribution in [1.82, 2.24) is 0 Å². The maximum absolute atomic E-state index is 10.4. The van der Waals surface area contributed by atoms with Gasteiger partial charge in [-0.25, -0.2) is 4.79 Å².